The SMILES string of the molecule is Cc1ccc2ccccc2c1C(O)c1ccccc1I. The Morgan fingerprint density at radius 3 is 2.40 bits per heavy atom. The predicted molar refractivity (Wildman–Crippen MR) is 91.9 cm³/mol. The lowest BCUT2D eigenvalue weighted by Crippen LogP contribution is -2.05. The number of aryl methyl sites for hydroxylation is 1. The summed E-state index contributed by atoms with van der Waals surface area (Å²) in [6.07, 6.45) is -0.589. The molecular weight excluding hydrogens is 359 g/mol. The van der Waals surface area contributed by atoms with E-state index in [1.165, 1.54) is 0 Å². The zero-order chi connectivity index (χ0) is 14.1. The van der Waals surface area contributed by atoms with Gasteiger partial charge in [0.2, 0.25) is 0 Å². The smallest absolute Gasteiger partial charge is 0.106 e. The number of fused-ring (bicyclic) bond motifs is 1. The zero-order valence-electron chi connectivity index (χ0n) is 11.2. The van der Waals surface area contributed by atoms with Crippen molar-refractivity contribution in [3.8, 4) is 0 Å². The predicted octanol–water partition coefficient (Wildman–Crippen LogP) is 4.83. The van der Waals surface area contributed by atoms with Crippen molar-refractivity contribution >= 4 is 33.4 Å². The second kappa shape index (κ2) is 5.54. The second-order valence-electron chi connectivity index (χ2n) is 4.94. The second-order valence-corrected chi connectivity index (χ2v) is 6.10. The number of hydrogen-bond donors (Lipinski definition) is 1. The molecule has 1 atom stereocenters. The Hall–Kier alpha value is -1.39. The highest BCUT2D eigenvalue weighted by Gasteiger charge is 2.17. The van der Waals surface area contributed by atoms with Gasteiger partial charge in [-0.2, -0.15) is 0 Å². The van der Waals surface area contributed by atoms with Crippen molar-refractivity contribution in [2.45, 2.75) is 13.0 Å². The maximum absolute atomic E-state index is 10.8. The quantitative estimate of drug-likeness (QED) is 0.637. The molecule has 0 aromatic heterocycles. The molecule has 0 bridgehead atoms. The van der Waals surface area contributed by atoms with Gasteiger partial charge in [0.05, 0.1) is 0 Å². The van der Waals surface area contributed by atoms with Crippen LogP contribution in [0, 0.1) is 10.5 Å². The van der Waals surface area contributed by atoms with Crippen molar-refractivity contribution < 1.29 is 5.11 Å². The number of halogens is 1. The molecule has 0 spiro atoms. The summed E-state index contributed by atoms with van der Waals surface area (Å²) in [4.78, 5) is 0. The van der Waals surface area contributed by atoms with Gasteiger partial charge in [0.1, 0.15) is 6.10 Å². The molecule has 0 saturated carbocycles. The fourth-order valence-electron chi connectivity index (χ4n) is 2.62. The monoisotopic (exact) mass is 374 g/mol. The van der Waals surface area contributed by atoms with Crippen LogP contribution in [0.5, 0.6) is 0 Å². The molecule has 0 fully saturated rings. The summed E-state index contributed by atoms with van der Waals surface area (Å²) >= 11 is 2.28. The van der Waals surface area contributed by atoms with Crippen LogP contribution in [-0.4, -0.2) is 5.11 Å². The molecule has 0 amide bonds. The topological polar surface area (TPSA) is 20.2 Å². The van der Waals surface area contributed by atoms with Crippen LogP contribution in [0.15, 0.2) is 60.7 Å². The molecule has 2 heteroatoms. The van der Waals surface area contributed by atoms with Crippen LogP contribution in [0.3, 0.4) is 0 Å². The van der Waals surface area contributed by atoms with Gasteiger partial charge in [-0.3, -0.25) is 0 Å². The summed E-state index contributed by atoms with van der Waals surface area (Å²) in [5, 5.41) is 13.1. The molecule has 1 N–H and O–H groups in total. The molecule has 100 valence electrons. The van der Waals surface area contributed by atoms with Crippen molar-refractivity contribution in [2.75, 3.05) is 0 Å². The van der Waals surface area contributed by atoms with Crippen LogP contribution < -0.4 is 0 Å². The summed E-state index contributed by atoms with van der Waals surface area (Å²) in [6.45, 7) is 2.06. The van der Waals surface area contributed by atoms with E-state index >= 15 is 0 Å². The van der Waals surface area contributed by atoms with Crippen molar-refractivity contribution in [3.05, 3.63) is 80.9 Å². The maximum atomic E-state index is 10.8. The lowest BCUT2D eigenvalue weighted by atomic mass is 9.92. The number of benzene rings is 3. The van der Waals surface area contributed by atoms with Gasteiger partial charge in [-0.1, -0.05) is 54.6 Å². The molecule has 0 heterocycles. The number of rotatable bonds is 2. The average Bonchev–Trinajstić information content (AvgIpc) is 2.47. The number of hydrogen-bond acceptors (Lipinski definition) is 1. The highest BCUT2D eigenvalue weighted by atomic mass is 127. The first kappa shape index (κ1) is 13.6. The van der Waals surface area contributed by atoms with Gasteiger partial charge < -0.3 is 5.11 Å². The average molecular weight is 374 g/mol. The minimum Gasteiger partial charge on any atom is -0.384 e. The normalized spacial score (nSPS) is 12.6. The Labute approximate surface area is 132 Å². The molecule has 3 aromatic rings. The zero-order valence-corrected chi connectivity index (χ0v) is 13.3. The molecular formula is C18H15IO. The van der Waals surface area contributed by atoms with E-state index in [1.807, 2.05) is 36.4 Å². The molecule has 0 aliphatic rings. The minimum absolute atomic E-state index is 0.589. The first-order chi connectivity index (χ1) is 9.68. The van der Waals surface area contributed by atoms with Crippen LogP contribution in [0.1, 0.15) is 22.8 Å². The van der Waals surface area contributed by atoms with E-state index in [9.17, 15) is 5.11 Å². The standard InChI is InChI=1S/C18H15IO/c1-12-10-11-13-6-2-3-7-14(13)17(12)18(20)15-8-4-5-9-16(15)19/h2-11,18,20H,1H3. The molecule has 1 unspecified atom stereocenters. The maximum Gasteiger partial charge on any atom is 0.106 e. The Morgan fingerprint density at radius 1 is 0.900 bits per heavy atom. The van der Waals surface area contributed by atoms with Gasteiger partial charge in [0, 0.05) is 3.57 Å². The van der Waals surface area contributed by atoms with Gasteiger partial charge in [-0.25, -0.2) is 0 Å². The van der Waals surface area contributed by atoms with Crippen LogP contribution in [-0.2, 0) is 0 Å². The fourth-order valence-corrected chi connectivity index (χ4v) is 3.30. The van der Waals surface area contributed by atoms with Crippen LogP contribution in [0.2, 0.25) is 0 Å². The summed E-state index contributed by atoms with van der Waals surface area (Å²) in [5.74, 6) is 0. The minimum atomic E-state index is -0.589. The van der Waals surface area contributed by atoms with Gasteiger partial charge in [0.15, 0.2) is 0 Å². The molecule has 0 aliphatic carbocycles. The molecule has 1 nitrogen and oxygen atoms in total. The molecule has 20 heavy (non-hydrogen) atoms. The number of aliphatic hydroxyl groups excluding tert-OH is 1. The lowest BCUT2D eigenvalue weighted by Gasteiger charge is -2.18. The lowest BCUT2D eigenvalue weighted by molar-refractivity contribution is 0.220. The van der Waals surface area contributed by atoms with Gasteiger partial charge >= 0.3 is 0 Å². The molecule has 3 rings (SSSR count). The molecule has 3 aromatic carbocycles. The molecule has 0 saturated heterocycles. The Balaban J connectivity index is 2.24. The van der Waals surface area contributed by atoms with Crippen molar-refractivity contribution in [2.24, 2.45) is 0 Å². The summed E-state index contributed by atoms with van der Waals surface area (Å²) in [5.41, 5.74) is 3.09. The fraction of sp³-hybridized carbons (Fsp3) is 0.111. The third-order valence-corrected chi connectivity index (χ3v) is 4.64. The van der Waals surface area contributed by atoms with Crippen molar-refractivity contribution in [1.82, 2.24) is 0 Å². The van der Waals surface area contributed by atoms with E-state index in [2.05, 4.69) is 53.8 Å². The van der Waals surface area contributed by atoms with E-state index in [-0.39, 0.29) is 0 Å². The Kier molecular flexibility index (Phi) is 3.76. The van der Waals surface area contributed by atoms with E-state index in [0.717, 1.165) is 31.0 Å². The van der Waals surface area contributed by atoms with Crippen molar-refractivity contribution in [3.63, 3.8) is 0 Å². The first-order valence-corrected chi connectivity index (χ1v) is 7.67. The van der Waals surface area contributed by atoms with Gasteiger partial charge in [-0.05, 0) is 63.0 Å². The highest BCUT2D eigenvalue weighted by Crippen LogP contribution is 2.33. The van der Waals surface area contributed by atoms with Crippen LogP contribution >= 0.6 is 22.6 Å². The number of aliphatic hydroxyl groups is 1. The Morgan fingerprint density at radius 2 is 1.60 bits per heavy atom. The third-order valence-electron chi connectivity index (χ3n) is 3.66. The summed E-state index contributed by atoms with van der Waals surface area (Å²) < 4.78 is 1.09. The summed E-state index contributed by atoms with van der Waals surface area (Å²) in [7, 11) is 0. The largest absolute Gasteiger partial charge is 0.384 e. The third kappa shape index (κ3) is 2.34. The first-order valence-electron chi connectivity index (χ1n) is 6.59. The highest BCUT2D eigenvalue weighted by molar-refractivity contribution is 14.1. The molecule has 0 radical (unpaired) electrons. The van der Waals surface area contributed by atoms with E-state index < -0.39 is 6.10 Å². The van der Waals surface area contributed by atoms with E-state index in [4.69, 9.17) is 0 Å². The van der Waals surface area contributed by atoms with E-state index in [0.29, 0.717) is 0 Å². The van der Waals surface area contributed by atoms with E-state index in [1.54, 1.807) is 0 Å². The van der Waals surface area contributed by atoms with Gasteiger partial charge in [0.25, 0.3) is 0 Å². The Bertz CT molecular complexity index is 764. The van der Waals surface area contributed by atoms with Gasteiger partial charge in [-0.15, -0.1) is 0 Å². The van der Waals surface area contributed by atoms with Crippen molar-refractivity contribution in [1.29, 1.82) is 0 Å². The molecule has 0 aliphatic heterocycles. The van der Waals surface area contributed by atoms with Crippen LogP contribution in [0.25, 0.3) is 10.8 Å². The summed E-state index contributed by atoms with van der Waals surface area (Å²) in [6, 6.07) is 20.4. The van der Waals surface area contributed by atoms with Crippen LogP contribution in [0.4, 0.5) is 0 Å².